The van der Waals surface area contributed by atoms with Gasteiger partial charge in [-0.05, 0) is 97.1 Å². The SMILES string of the molecule is c1ccc(-c2nc3cc(-c4nc(-c5ccc(-n6c7ccccc7c7ccccc76)cc5)nc(-c5ccc6oc(-c7ccccc7)nc6c5)n4)ccc3o2)cc1. The molecule has 55 heavy (non-hydrogen) atoms. The highest BCUT2D eigenvalue weighted by atomic mass is 16.4. The lowest BCUT2D eigenvalue weighted by Gasteiger charge is -2.11. The van der Waals surface area contributed by atoms with Crippen LogP contribution in [0.5, 0.6) is 0 Å². The normalized spacial score (nSPS) is 11.6. The Morgan fingerprint density at radius 3 is 1.25 bits per heavy atom. The molecule has 0 unspecified atom stereocenters. The molecule has 0 atom stereocenters. The molecule has 0 aliphatic carbocycles. The molecule has 0 amide bonds. The number of oxazole rings is 2. The van der Waals surface area contributed by atoms with Gasteiger partial charge in [0.25, 0.3) is 0 Å². The predicted octanol–water partition coefficient (Wildman–Crippen LogP) is 11.6. The lowest BCUT2D eigenvalue weighted by Crippen LogP contribution is -2.00. The molecule has 0 saturated heterocycles. The fourth-order valence-corrected chi connectivity index (χ4v) is 7.26. The van der Waals surface area contributed by atoms with Crippen LogP contribution in [0.4, 0.5) is 0 Å². The predicted molar refractivity (Wildman–Crippen MR) is 216 cm³/mol. The summed E-state index contributed by atoms with van der Waals surface area (Å²) in [4.78, 5) is 24.7. The molecule has 0 radical (unpaired) electrons. The van der Waals surface area contributed by atoms with Crippen molar-refractivity contribution in [2.45, 2.75) is 0 Å². The van der Waals surface area contributed by atoms with Crippen LogP contribution in [-0.4, -0.2) is 29.5 Å². The highest BCUT2D eigenvalue weighted by Gasteiger charge is 2.18. The second-order valence-corrected chi connectivity index (χ2v) is 13.4. The average molecular weight is 709 g/mol. The fraction of sp³-hybridized carbons (Fsp3) is 0. The molecular weight excluding hydrogens is 681 g/mol. The van der Waals surface area contributed by atoms with E-state index in [0.29, 0.717) is 51.5 Å². The molecule has 0 N–H and O–H groups in total. The number of benzene rings is 7. The maximum absolute atomic E-state index is 6.12. The minimum atomic E-state index is 0.517. The molecule has 0 bridgehead atoms. The Kier molecular flexibility index (Phi) is 6.99. The summed E-state index contributed by atoms with van der Waals surface area (Å²) in [7, 11) is 0. The summed E-state index contributed by atoms with van der Waals surface area (Å²) in [6.07, 6.45) is 0. The van der Waals surface area contributed by atoms with E-state index in [0.717, 1.165) is 44.5 Å². The van der Waals surface area contributed by atoms with Crippen molar-refractivity contribution in [3.05, 3.63) is 170 Å². The largest absolute Gasteiger partial charge is 0.436 e. The number of fused-ring (bicyclic) bond motifs is 5. The minimum absolute atomic E-state index is 0.517. The molecule has 0 spiro atoms. The third kappa shape index (κ3) is 5.35. The van der Waals surface area contributed by atoms with Gasteiger partial charge in [-0.1, -0.05) is 72.8 Å². The topological polar surface area (TPSA) is 95.7 Å². The zero-order chi connectivity index (χ0) is 36.3. The summed E-state index contributed by atoms with van der Waals surface area (Å²) in [5, 5.41) is 2.43. The minimum Gasteiger partial charge on any atom is -0.436 e. The van der Waals surface area contributed by atoms with Crippen LogP contribution in [-0.2, 0) is 0 Å². The van der Waals surface area contributed by atoms with Gasteiger partial charge in [0, 0.05) is 44.3 Å². The molecule has 0 fully saturated rings. The fourth-order valence-electron chi connectivity index (χ4n) is 7.26. The second-order valence-electron chi connectivity index (χ2n) is 13.4. The maximum atomic E-state index is 6.12. The van der Waals surface area contributed by atoms with Crippen LogP contribution in [0.1, 0.15) is 0 Å². The van der Waals surface area contributed by atoms with Crippen molar-refractivity contribution in [1.82, 2.24) is 29.5 Å². The van der Waals surface area contributed by atoms with E-state index in [1.807, 2.05) is 97.1 Å². The van der Waals surface area contributed by atoms with Crippen molar-refractivity contribution in [2.24, 2.45) is 0 Å². The molecule has 11 aromatic rings. The Hall–Kier alpha value is -7.71. The smallest absolute Gasteiger partial charge is 0.227 e. The first-order valence-electron chi connectivity index (χ1n) is 18.0. The second kappa shape index (κ2) is 12.5. The maximum Gasteiger partial charge on any atom is 0.227 e. The highest BCUT2D eigenvalue weighted by Crippen LogP contribution is 2.34. The van der Waals surface area contributed by atoms with E-state index in [4.69, 9.17) is 33.8 Å². The molecule has 0 saturated carbocycles. The van der Waals surface area contributed by atoms with Gasteiger partial charge in [0.2, 0.25) is 11.8 Å². The molecule has 4 heterocycles. The van der Waals surface area contributed by atoms with Crippen molar-refractivity contribution in [3.63, 3.8) is 0 Å². The Morgan fingerprint density at radius 1 is 0.345 bits per heavy atom. The summed E-state index contributed by atoms with van der Waals surface area (Å²) < 4.78 is 14.5. The first kappa shape index (κ1) is 30.9. The molecule has 0 aliphatic rings. The molecule has 0 aliphatic heterocycles. The lowest BCUT2D eigenvalue weighted by molar-refractivity contribution is 0.619. The molecule has 8 nitrogen and oxygen atoms in total. The number of para-hydroxylation sites is 2. The van der Waals surface area contributed by atoms with Gasteiger partial charge in [-0.15, -0.1) is 0 Å². The van der Waals surface area contributed by atoms with Crippen LogP contribution in [0.3, 0.4) is 0 Å². The Bertz CT molecular complexity index is 3010. The van der Waals surface area contributed by atoms with Crippen molar-refractivity contribution in [3.8, 4) is 62.8 Å². The monoisotopic (exact) mass is 708 g/mol. The molecule has 258 valence electrons. The summed E-state index contributed by atoms with van der Waals surface area (Å²) in [6, 6.07) is 56.8. The quantitative estimate of drug-likeness (QED) is 0.170. The van der Waals surface area contributed by atoms with Crippen molar-refractivity contribution in [1.29, 1.82) is 0 Å². The Labute approximate surface area is 314 Å². The third-order valence-electron chi connectivity index (χ3n) is 9.93. The molecule has 4 aromatic heterocycles. The van der Waals surface area contributed by atoms with Crippen LogP contribution in [0, 0.1) is 0 Å². The van der Waals surface area contributed by atoms with Gasteiger partial charge in [0.15, 0.2) is 28.6 Å². The third-order valence-corrected chi connectivity index (χ3v) is 9.93. The molecule has 7 aromatic carbocycles. The number of hydrogen-bond donors (Lipinski definition) is 0. The summed E-state index contributed by atoms with van der Waals surface area (Å²) >= 11 is 0. The number of aromatic nitrogens is 6. The lowest BCUT2D eigenvalue weighted by atomic mass is 10.1. The Morgan fingerprint density at radius 2 is 0.764 bits per heavy atom. The van der Waals surface area contributed by atoms with Crippen molar-refractivity contribution < 1.29 is 8.83 Å². The van der Waals surface area contributed by atoms with E-state index in [-0.39, 0.29) is 0 Å². The van der Waals surface area contributed by atoms with Gasteiger partial charge in [0.1, 0.15) is 11.0 Å². The summed E-state index contributed by atoms with van der Waals surface area (Å²) in [6.45, 7) is 0. The van der Waals surface area contributed by atoms with Gasteiger partial charge < -0.3 is 13.4 Å². The van der Waals surface area contributed by atoms with Crippen LogP contribution in [0.25, 0.3) is 107 Å². The standard InChI is InChI=1S/C47H28N6O2/c1-3-11-30(12-4-1)46-48-37-27-32(21-25-41(37)54-46)44-50-43(51-45(52-44)33-22-26-42-38(28-33)49-47(55-42)31-13-5-2-6-14-31)29-19-23-34(24-20-29)53-39-17-9-7-15-35(39)36-16-8-10-18-40(36)53/h1-28H. The number of nitrogens with zero attached hydrogens (tertiary/aromatic N) is 6. The molecule has 8 heteroatoms. The first-order valence-corrected chi connectivity index (χ1v) is 18.0. The van der Waals surface area contributed by atoms with Gasteiger partial charge in [-0.25, -0.2) is 24.9 Å². The van der Waals surface area contributed by atoms with E-state index < -0.39 is 0 Å². The van der Waals surface area contributed by atoms with Crippen LogP contribution in [0.15, 0.2) is 179 Å². The van der Waals surface area contributed by atoms with E-state index in [1.54, 1.807) is 0 Å². The van der Waals surface area contributed by atoms with E-state index >= 15 is 0 Å². The van der Waals surface area contributed by atoms with Gasteiger partial charge in [-0.2, -0.15) is 0 Å². The van der Waals surface area contributed by atoms with E-state index in [9.17, 15) is 0 Å². The first-order chi connectivity index (χ1) is 27.2. The van der Waals surface area contributed by atoms with Crippen molar-refractivity contribution in [2.75, 3.05) is 0 Å². The Balaban J connectivity index is 1.04. The summed E-state index contributed by atoms with van der Waals surface area (Å²) in [5.74, 6) is 2.70. The number of hydrogen-bond acceptors (Lipinski definition) is 7. The molecule has 11 rings (SSSR count). The highest BCUT2D eigenvalue weighted by molar-refractivity contribution is 6.09. The molecular formula is C47H28N6O2. The zero-order valence-electron chi connectivity index (χ0n) is 29.2. The van der Waals surface area contributed by atoms with Crippen LogP contribution < -0.4 is 0 Å². The van der Waals surface area contributed by atoms with Gasteiger partial charge in [0.05, 0.1) is 11.0 Å². The van der Waals surface area contributed by atoms with Gasteiger partial charge in [-0.3, -0.25) is 0 Å². The van der Waals surface area contributed by atoms with Crippen molar-refractivity contribution >= 4 is 44.0 Å². The zero-order valence-corrected chi connectivity index (χ0v) is 29.2. The van der Waals surface area contributed by atoms with E-state index in [1.165, 1.54) is 10.8 Å². The van der Waals surface area contributed by atoms with Gasteiger partial charge >= 0.3 is 0 Å². The van der Waals surface area contributed by atoms with Crippen LogP contribution in [0.2, 0.25) is 0 Å². The van der Waals surface area contributed by atoms with E-state index in [2.05, 4.69) is 77.4 Å². The van der Waals surface area contributed by atoms with Crippen LogP contribution >= 0.6 is 0 Å². The average Bonchev–Trinajstić information content (AvgIpc) is 3.98. The number of rotatable bonds is 6. The summed E-state index contributed by atoms with van der Waals surface area (Å²) in [5.41, 5.74) is 10.4.